The van der Waals surface area contributed by atoms with E-state index >= 15 is 0 Å². The summed E-state index contributed by atoms with van der Waals surface area (Å²) < 4.78 is 19.0. The Hall–Kier alpha value is -1.73. The first-order valence-electron chi connectivity index (χ1n) is 7.44. The Morgan fingerprint density at radius 1 is 1.33 bits per heavy atom. The molecule has 0 aliphatic carbocycles. The number of benzene rings is 1. The van der Waals surface area contributed by atoms with Gasteiger partial charge in [0.2, 0.25) is 0 Å². The number of amides is 1. The number of anilines is 1. The van der Waals surface area contributed by atoms with Crippen molar-refractivity contribution in [3.8, 4) is 0 Å². The maximum absolute atomic E-state index is 13.4. The van der Waals surface area contributed by atoms with Gasteiger partial charge >= 0.3 is 5.97 Å². The van der Waals surface area contributed by atoms with Gasteiger partial charge in [0.05, 0.1) is 17.7 Å². The summed E-state index contributed by atoms with van der Waals surface area (Å²) in [4.78, 5) is 25.7. The van der Waals surface area contributed by atoms with Crippen molar-refractivity contribution in [2.45, 2.75) is 27.2 Å². The minimum atomic E-state index is -0.509. The van der Waals surface area contributed by atoms with E-state index in [-0.39, 0.29) is 12.2 Å². The van der Waals surface area contributed by atoms with Crippen LogP contribution in [0.3, 0.4) is 0 Å². The lowest BCUT2D eigenvalue weighted by Gasteiger charge is -2.09. The molecule has 2 rings (SSSR count). The third-order valence-corrected chi connectivity index (χ3v) is 5.20. The van der Waals surface area contributed by atoms with Gasteiger partial charge in [-0.3, -0.25) is 4.79 Å². The maximum Gasteiger partial charge on any atom is 0.341 e. The molecule has 0 aliphatic heterocycles. The van der Waals surface area contributed by atoms with Crippen LogP contribution in [0, 0.1) is 12.7 Å². The molecule has 128 valence electrons. The van der Waals surface area contributed by atoms with E-state index in [1.165, 1.54) is 23.5 Å². The summed E-state index contributed by atoms with van der Waals surface area (Å²) in [6.07, 6.45) is 0.649. The number of esters is 1. The average molecular weight is 414 g/mol. The second-order valence-corrected chi connectivity index (χ2v) is 7.07. The van der Waals surface area contributed by atoms with Crippen molar-refractivity contribution in [3.63, 3.8) is 0 Å². The van der Waals surface area contributed by atoms with Crippen LogP contribution in [-0.4, -0.2) is 18.5 Å². The highest BCUT2D eigenvalue weighted by atomic mass is 79.9. The standard InChI is InChI=1S/C17H17BrFNO3S/c1-4-11-9(3)24-16(14(11)17(22)23-5-2)20-15(21)12-8-10(19)6-7-13(12)18/h6-8H,4-5H2,1-3H3,(H,20,21). The molecule has 0 atom stereocenters. The molecule has 2 aromatic rings. The van der Waals surface area contributed by atoms with Gasteiger partial charge in [-0.1, -0.05) is 6.92 Å². The molecule has 7 heteroatoms. The average Bonchev–Trinajstić information content (AvgIpc) is 2.85. The van der Waals surface area contributed by atoms with Gasteiger partial charge in [-0.15, -0.1) is 11.3 Å². The first-order valence-corrected chi connectivity index (χ1v) is 9.05. The molecule has 1 heterocycles. The molecule has 1 aromatic carbocycles. The van der Waals surface area contributed by atoms with Crippen molar-refractivity contribution in [2.24, 2.45) is 0 Å². The van der Waals surface area contributed by atoms with Crippen molar-refractivity contribution < 1.29 is 18.7 Å². The number of carbonyl (C=O) groups excluding carboxylic acids is 2. The molecule has 1 amide bonds. The number of halogens is 2. The summed E-state index contributed by atoms with van der Waals surface area (Å²) in [6, 6.07) is 3.87. The van der Waals surface area contributed by atoms with Crippen molar-refractivity contribution in [1.82, 2.24) is 0 Å². The van der Waals surface area contributed by atoms with Crippen molar-refractivity contribution in [3.05, 3.63) is 50.1 Å². The lowest BCUT2D eigenvalue weighted by molar-refractivity contribution is 0.0527. The van der Waals surface area contributed by atoms with E-state index in [0.29, 0.717) is 21.5 Å². The van der Waals surface area contributed by atoms with E-state index in [0.717, 1.165) is 16.5 Å². The zero-order chi connectivity index (χ0) is 17.9. The van der Waals surface area contributed by atoms with Crippen molar-refractivity contribution in [2.75, 3.05) is 11.9 Å². The van der Waals surface area contributed by atoms with Crippen LogP contribution in [0.15, 0.2) is 22.7 Å². The highest BCUT2D eigenvalue weighted by Crippen LogP contribution is 2.34. The molecule has 4 nitrogen and oxygen atoms in total. The topological polar surface area (TPSA) is 55.4 Å². The number of rotatable bonds is 5. The zero-order valence-corrected chi connectivity index (χ0v) is 15.9. The third kappa shape index (κ3) is 3.84. The molecule has 0 radical (unpaired) electrons. The quantitative estimate of drug-likeness (QED) is 0.705. The summed E-state index contributed by atoms with van der Waals surface area (Å²) in [6.45, 7) is 5.80. The molecule has 0 spiro atoms. The maximum atomic E-state index is 13.4. The van der Waals surface area contributed by atoms with Gasteiger partial charge < -0.3 is 10.1 Å². The van der Waals surface area contributed by atoms with E-state index in [4.69, 9.17) is 4.74 Å². The van der Waals surface area contributed by atoms with Crippen LogP contribution >= 0.6 is 27.3 Å². The SMILES string of the molecule is CCOC(=O)c1c(NC(=O)c2cc(F)ccc2Br)sc(C)c1CC. The van der Waals surface area contributed by atoms with Gasteiger partial charge in [-0.05, 0) is 60.0 Å². The molecule has 24 heavy (non-hydrogen) atoms. The van der Waals surface area contributed by atoms with Gasteiger partial charge in [0, 0.05) is 9.35 Å². The van der Waals surface area contributed by atoms with E-state index in [2.05, 4.69) is 21.2 Å². The lowest BCUT2D eigenvalue weighted by atomic mass is 10.1. The number of ether oxygens (including phenoxy) is 1. The molecule has 1 N–H and O–H groups in total. The minimum absolute atomic E-state index is 0.161. The first-order chi connectivity index (χ1) is 11.4. The third-order valence-electron chi connectivity index (χ3n) is 3.44. The Morgan fingerprint density at radius 2 is 2.04 bits per heavy atom. The number of hydrogen-bond donors (Lipinski definition) is 1. The van der Waals surface area contributed by atoms with E-state index in [1.54, 1.807) is 6.92 Å². The van der Waals surface area contributed by atoms with E-state index < -0.39 is 17.7 Å². The monoisotopic (exact) mass is 413 g/mol. The normalized spacial score (nSPS) is 10.5. The Labute approximate surface area is 152 Å². The number of nitrogens with one attached hydrogen (secondary N) is 1. The Balaban J connectivity index is 2.40. The number of thiophene rings is 1. The Morgan fingerprint density at radius 3 is 2.67 bits per heavy atom. The van der Waals surface area contributed by atoms with Gasteiger partial charge in [-0.25, -0.2) is 9.18 Å². The largest absolute Gasteiger partial charge is 0.462 e. The second kappa shape index (κ2) is 7.90. The predicted octanol–water partition coefficient (Wildman–Crippen LogP) is 4.95. The second-order valence-electron chi connectivity index (χ2n) is 4.99. The summed E-state index contributed by atoms with van der Waals surface area (Å²) in [5.74, 6) is -1.46. The van der Waals surface area contributed by atoms with Gasteiger partial charge in [0.15, 0.2) is 0 Å². The minimum Gasteiger partial charge on any atom is -0.462 e. The molecular formula is C17H17BrFNO3S. The molecule has 1 aromatic heterocycles. The molecule has 0 saturated heterocycles. The van der Waals surface area contributed by atoms with Gasteiger partial charge in [-0.2, -0.15) is 0 Å². The highest BCUT2D eigenvalue weighted by molar-refractivity contribution is 9.10. The fourth-order valence-electron chi connectivity index (χ4n) is 2.35. The summed E-state index contributed by atoms with van der Waals surface area (Å²) in [5, 5.41) is 3.13. The Kier molecular flexibility index (Phi) is 6.12. The molecule has 0 aliphatic rings. The van der Waals surface area contributed by atoms with Gasteiger partial charge in [0.1, 0.15) is 10.8 Å². The fraction of sp³-hybridized carbons (Fsp3) is 0.294. The van der Waals surface area contributed by atoms with Crippen LogP contribution in [0.1, 0.15) is 45.0 Å². The van der Waals surface area contributed by atoms with Gasteiger partial charge in [0.25, 0.3) is 5.91 Å². The summed E-state index contributed by atoms with van der Waals surface area (Å²) in [5.41, 5.74) is 1.39. The zero-order valence-electron chi connectivity index (χ0n) is 13.5. The lowest BCUT2D eigenvalue weighted by Crippen LogP contribution is -2.16. The Bertz CT molecular complexity index is 788. The molecule has 0 unspecified atom stereocenters. The molecule has 0 saturated carbocycles. The van der Waals surface area contributed by atoms with Crippen LogP contribution in [-0.2, 0) is 11.2 Å². The number of hydrogen-bond acceptors (Lipinski definition) is 4. The number of carbonyl (C=O) groups is 2. The van der Waals surface area contributed by atoms with E-state index in [1.807, 2.05) is 13.8 Å². The first kappa shape index (κ1) is 18.6. The summed E-state index contributed by atoms with van der Waals surface area (Å²) >= 11 is 4.55. The fourth-order valence-corrected chi connectivity index (χ4v) is 3.91. The van der Waals surface area contributed by atoms with Crippen LogP contribution in [0.2, 0.25) is 0 Å². The predicted molar refractivity (Wildman–Crippen MR) is 96.4 cm³/mol. The summed E-state index contributed by atoms with van der Waals surface area (Å²) in [7, 11) is 0. The smallest absolute Gasteiger partial charge is 0.341 e. The number of aryl methyl sites for hydroxylation is 1. The highest BCUT2D eigenvalue weighted by Gasteiger charge is 2.24. The van der Waals surface area contributed by atoms with Crippen LogP contribution < -0.4 is 5.32 Å². The van der Waals surface area contributed by atoms with Crippen LogP contribution in [0.4, 0.5) is 9.39 Å². The van der Waals surface area contributed by atoms with Crippen LogP contribution in [0.25, 0.3) is 0 Å². The van der Waals surface area contributed by atoms with Crippen LogP contribution in [0.5, 0.6) is 0 Å². The molecule has 0 fully saturated rings. The van der Waals surface area contributed by atoms with E-state index in [9.17, 15) is 14.0 Å². The van der Waals surface area contributed by atoms with Crippen molar-refractivity contribution in [1.29, 1.82) is 0 Å². The van der Waals surface area contributed by atoms with Crippen molar-refractivity contribution >= 4 is 44.1 Å². The molecular weight excluding hydrogens is 397 g/mol. The molecule has 0 bridgehead atoms.